The summed E-state index contributed by atoms with van der Waals surface area (Å²) in [5.41, 5.74) is 0.754. The van der Waals surface area contributed by atoms with Crippen LogP contribution in [0, 0.1) is 63.4 Å². The maximum Gasteiger partial charge on any atom is 2.00 e. The molecular weight excluding hydrogens is 378 g/mol. The van der Waals surface area contributed by atoms with E-state index in [1.165, 1.54) is 0 Å². The number of benzene rings is 1. The van der Waals surface area contributed by atoms with Gasteiger partial charge in [0.25, 0.3) is 0 Å². The third-order valence-corrected chi connectivity index (χ3v) is 3.58. The number of rotatable bonds is 3. The number of carbonyl (C=O) groups is 1. The SMILES string of the molecule is O=C[C]1[CH][CH][CH][C]1Oc1cc(Cl)cc2ncccc12.[CH]1[CH][CH][CH][CH]1.[Fe+2]. The quantitative estimate of drug-likeness (QED) is 0.581. The molecule has 0 N–H and O–H groups in total. The fourth-order valence-electron chi connectivity index (χ4n) is 2.25. The average molecular weight is 392 g/mol. The molecule has 5 heteroatoms. The molecule has 10 radical (unpaired) electrons. The molecule has 2 aliphatic rings. The summed E-state index contributed by atoms with van der Waals surface area (Å²) in [4.78, 5) is 15.1. The maximum atomic E-state index is 10.9. The second-order valence-corrected chi connectivity index (χ2v) is 5.44. The van der Waals surface area contributed by atoms with Gasteiger partial charge in [-0.15, -0.1) is 0 Å². The predicted octanol–water partition coefficient (Wildman–Crippen LogP) is 4.22. The largest absolute Gasteiger partial charge is 2.00 e. The van der Waals surface area contributed by atoms with Gasteiger partial charge in [-0.1, -0.05) is 11.6 Å². The summed E-state index contributed by atoms with van der Waals surface area (Å²) in [6, 6.07) is 7.22. The summed E-state index contributed by atoms with van der Waals surface area (Å²) in [5.74, 6) is 1.10. The summed E-state index contributed by atoms with van der Waals surface area (Å²) in [6.45, 7) is 0. The van der Waals surface area contributed by atoms with Gasteiger partial charge in [0, 0.05) is 23.0 Å². The molecule has 0 bridgehead atoms. The number of nitrogens with zero attached hydrogens (tertiary/aromatic N) is 1. The zero-order valence-electron chi connectivity index (χ0n) is 13.1. The third-order valence-electron chi connectivity index (χ3n) is 3.36. The van der Waals surface area contributed by atoms with E-state index in [9.17, 15) is 4.79 Å². The second kappa shape index (κ2) is 10.2. The molecule has 0 atom stereocenters. The first-order valence-corrected chi connectivity index (χ1v) is 7.75. The van der Waals surface area contributed by atoms with Crippen molar-refractivity contribution in [2.45, 2.75) is 0 Å². The van der Waals surface area contributed by atoms with Crippen molar-refractivity contribution in [3.05, 3.63) is 98.9 Å². The van der Waals surface area contributed by atoms with Crippen molar-refractivity contribution in [2.75, 3.05) is 0 Å². The molecule has 0 aliphatic heterocycles. The fraction of sp³-hybridized carbons (Fsp3) is 0. The molecule has 4 rings (SSSR count). The first-order valence-electron chi connectivity index (χ1n) is 7.37. The van der Waals surface area contributed by atoms with Crippen LogP contribution in [0.1, 0.15) is 0 Å². The average Bonchev–Trinajstić information content (AvgIpc) is 3.29. The van der Waals surface area contributed by atoms with Gasteiger partial charge in [0.2, 0.25) is 0 Å². The molecule has 2 aromatic rings. The number of pyridine rings is 1. The number of fused-ring (bicyclic) bond motifs is 1. The van der Waals surface area contributed by atoms with Gasteiger partial charge in [0.05, 0.1) is 11.4 Å². The van der Waals surface area contributed by atoms with Gasteiger partial charge in [-0.25, -0.2) is 0 Å². The van der Waals surface area contributed by atoms with E-state index in [0.717, 1.165) is 17.2 Å². The number of carbonyl (C=O) groups excluding carboxylic acids is 1. The van der Waals surface area contributed by atoms with Crippen molar-refractivity contribution in [3.63, 3.8) is 0 Å². The second-order valence-electron chi connectivity index (χ2n) is 5.00. The molecule has 124 valence electrons. The minimum atomic E-state index is 0. The van der Waals surface area contributed by atoms with Crippen LogP contribution in [0.2, 0.25) is 5.02 Å². The summed E-state index contributed by atoms with van der Waals surface area (Å²) >= 11 is 6.05. The Hall–Kier alpha value is -1.09. The molecule has 1 aromatic carbocycles. The van der Waals surface area contributed by atoms with E-state index in [0.29, 0.717) is 22.8 Å². The van der Waals surface area contributed by atoms with Crippen molar-refractivity contribution >= 4 is 28.8 Å². The van der Waals surface area contributed by atoms with Crippen molar-refractivity contribution in [1.29, 1.82) is 0 Å². The standard InChI is InChI=1S/C15H9ClNO2.C5H5.Fe/c16-11-7-13-12(4-2-6-17-13)15(8-11)19-14-5-1-3-10(14)9-18;1-2-4-5-3-1;/h1-9H;1-5H;/q;;+2. The van der Waals surface area contributed by atoms with Crippen molar-refractivity contribution in [2.24, 2.45) is 0 Å². The number of hydrogen-bond acceptors (Lipinski definition) is 3. The van der Waals surface area contributed by atoms with Gasteiger partial charge < -0.3 is 9.53 Å². The Morgan fingerprint density at radius 1 is 1.00 bits per heavy atom. The molecule has 0 unspecified atom stereocenters. The molecule has 1 heterocycles. The van der Waals surface area contributed by atoms with Crippen LogP contribution >= 0.6 is 11.6 Å². The molecule has 2 saturated carbocycles. The van der Waals surface area contributed by atoms with Gasteiger partial charge >= 0.3 is 17.1 Å². The van der Waals surface area contributed by atoms with Gasteiger partial charge in [0.15, 0.2) is 6.10 Å². The number of aldehydes is 1. The van der Waals surface area contributed by atoms with E-state index in [-0.39, 0.29) is 17.1 Å². The molecule has 25 heavy (non-hydrogen) atoms. The molecule has 3 nitrogen and oxygen atoms in total. The van der Waals surface area contributed by atoms with E-state index in [4.69, 9.17) is 16.3 Å². The summed E-state index contributed by atoms with van der Waals surface area (Å²) in [7, 11) is 0. The molecule has 2 fully saturated rings. The Morgan fingerprint density at radius 2 is 1.72 bits per heavy atom. The maximum absolute atomic E-state index is 10.9. The van der Waals surface area contributed by atoms with Crippen LogP contribution in [0.4, 0.5) is 0 Å². The Bertz CT molecular complexity index is 683. The number of halogens is 1. The van der Waals surface area contributed by atoms with Crippen LogP contribution in [0.25, 0.3) is 10.9 Å². The van der Waals surface area contributed by atoms with Gasteiger partial charge in [-0.3, -0.25) is 4.98 Å². The molecule has 2 aliphatic carbocycles. The van der Waals surface area contributed by atoms with Crippen LogP contribution in [0.3, 0.4) is 0 Å². The van der Waals surface area contributed by atoms with E-state index in [1.807, 2.05) is 44.2 Å². The predicted molar refractivity (Wildman–Crippen MR) is 94.3 cm³/mol. The Kier molecular flexibility index (Phi) is 8.21. The minimum Gasteiger partial charge on any atom is -0.481 e. The summed E-state index contributed by atoms with van der Waals surface area (Å²) < 4.78 is 5.78. The zero-order valence-corrected chi connectivity index (χ0v) is 14.9. The van der Waals surface area contributed by atoms with Gasteiger partial charge in [-0.2, -0.15) is 0 Å². The van der Waals surface area contributed by atoms with Crippen molar-refractivity contribution in [3.8, 4) is 5.75 Å². The van der Waals surface area contributed by atoms with E-state index < -0.39 is 0 Å². The Balaban J connectivity index is 0.000000325. The van der Waals surface area contributed by atoms with Crippen molar-refractivity contribution in [1.82, 2.24) is 4.98 Å². The Labute approximate surface area is 165 Å². The molecule has 0 saturated heterocycles. The van der Waals surface area contributed by atoms with Crippen LogP contribution in [0.15, 0.2) is 30.5 Å². The van der Waals surface area contributed by atoms with E-state index in [2.05, 4.69) is 4.98 Å². The molecule has 0 spiro atoms. The molecule has 1 aromatic heterocycles. The molecule has 0 amide bonds. The van der Waals surface area contributed by atoms with Crippen LogP contribution in [-0.2, 0) is 21.9 Å². The van der Waals surface area contributed by atoms with E-state index >= 15 is 0 Å². The van der Waals surface area contributed by atoms with Crippen molar-refractivity contribution < 1.29 is 26.6 Å². The molecular formula is C20H14ClFeNO2+2. The number of hydrogen-bond donors (Lipinski definition) is 0. The normalized spacial score (nSPS) is 17.6. The number of ether oxygens (including phenoxy) is 1. The summed E-state index contributed by atoms with van der Waals surface area (Å²) in [5, 5.41) is 1.39. The van der Waals surface area contributed by atoms with E-state index in [1.54, 1.807) is 37.6 Å². The first-order chi connectivity index (χ1) is 11.8. The Morgan fingerprint density at radius 3 is 2.40 bits per heavy atom. The smallest absolute Gasteiger partial charge is 0.481 e. The van der Waals surface area contributed by atoms with Crippen LogP contribution < -0.4 is 4.74 Å². The first kappa shape index (κ1) is 20.2. The number of aromatic nitrogens is 1. The third kappa shape index (κ3) is 5.44. The fourth-order valence-corrected chi connectivity index (χ4v) is 2.45. The van der Waals surface area contributed by atoms with Crippen LogP contribution in [-0.4, -0.2) is 11.3 Å². The van der Waals surface area contributed by atoms with Crippen LogP contribution in [0.5, 0.6) is 5.75 Å². The topological polar surface area (TPSA) is 39.2 Å². The monoisotopic (exact) mass is 391 g/mol. The minimum absolute atomic E-state index is 0. The summed E-state index contributed by atoms with van der Waals surface area (Å²) in [6.07, 6.45) is 18.2. The van der Waals surface area contributed by atoms with Gasteiger partial charge in [-0.05, 0) is 69.2 Å². The zero-order chi connectivity index (χ0) is 16.8. The van der Waals surface area contributed by atoms with Gasteiger partial charge in [0.1, 0.15) is 12.0 Å².